The van der Waals surface area contributed by atoms with Crippen molar-refractivity contribution in [2.45, 2.75) is 49.8 Å². The predicted octanol–water partition coefficient (Wildman–Crippen LogP) is 0.284. The summed E-state index contributed by atoms with van der Waals surface area (Å²) < 4.78 is 21.9. The third-order valence-corrected chi connectivity index (χ3v) is 5.62. The Kier molecular flexibility index (Phi) is 5.97. The SMILES string of the molecule is COc1ccc([C@H]2Oc3cc(O[C@@H]4O[C@@H](C)[C@H](O)[C@H](O)[C@H]4O)cc(O)c3C(=O)[C@H]2O)cc1. The van der Waals surface area contributed by atoms with Gasteiger partial charge in [-0.05, 0) is 24.6 Å². The second-order valence-electron chi connectivity index (χ2n) is 7.74. The standard InChI is InChI=1S/C22H24O10/c1-9-16(24)18(26)20(28)22(30-9)31-12-7-13(23)15-14(8-12)32-21(19(27)17(15)25)10-3-5-11(29-2)6-4-10/h3-9,16,18-24,26-28H,1-2H3/t9-,16-,18-,19+,20+,21+,22-/m0/s1. The van der Waals surface area contributed by atoms with Crippen LogP contribution in [0, 0.1) is 0 Å². The molecule has 0 unspecified atom stereocenters. The van der Waals surface area contributed by atoms with Crippen LogP contribution in [0.5, 0.6) is 23.0 Å². The van der Waals surface area contributed by atoms with Crippen molar-refractivity contribution in [1.29, 1.82) is 0 Å². The number of hydrogen-bond donors (Lipinski definition) is 5. The molecular formula is C22H24O10. The van der Waals surface area contributed by atoms with Crippen molar-refractivity contribution in [2.75, 3.05) is 7.11 Å². The van der Waals surface area contributed by atoms with E-state index in [1.54, 1.807) is 24.3 Å². The first-order valence-corrected chi connectivity index (χ1v) is 9.97. The van der Waals surface area contributed by atoms with Crippen LogP contribution in [0.2, 0.25) is 0 Å². The molecule has 32 heavy (non-hydrogen) atoms. The Hall–Kier alpha value is -2.89. The van der Waals surface area contributed by atoms with Crippen LogP contribution in [0.4, 0.5) is 0 Å². The molecule has 2 aliphatic rings. The number of Topliss-reactive ketones (excluding diaryl/α,β-unsaturated/α-hetero) is 1. The van der Waals surface area contributed by atoms with Gasteiger partial charge in [0.05, 0.1) is 13.2 Å². The van der Waals surface area contributed by atoms with Crippen LogP contribution in [0.15, 0.2) is 36.4 Å². The minimum absolute atomic E-state index is 0.0150. The first kappa shape index (κ1) is 22.3. The Labute approximate surface area is 183 Å². The zero-order valence-corrected chi connectivity index (χ0v) is 17.3. The highest BCUT2D eigenvalue weighted by atomic mass is 16.7. The maximum atomic E-state index is 12.7. The van der Waals surface area contributed by atoms with E-state index in [9.17, 15) is 30.3 Å². The summed E-state index contributed by atoms with van der Waals surface area (Å²) in [7, 11) is 1.51. The van der Waals surface area contributed by atoms with Crippen LogP contribution < -0.4 is 14.2 Å². The number of methoxy groups -OCH3 is 1. The smallest absolute Gasteiger partial charge is 0.229 e. The Balaban J connectivity index is 1.62. The molecular weight excluding hydrogens is 424 g/mol. The number of hydrogen-bond acceptors (Lipinski definition) is 10. The molecule has 0 amide bonds. The zero-order chi connectivity index (χ0) is 23.2. The number of carbonyl (C=O) groups excluding carboxylic acids is 1. The maximum absolute atomic E-state index is 12.7. The first-order chi connectivity index (χ1) is 15.2. The molecule has 0 aromatic heterocycles. The van der Waals surface area contributed by atoms with E-state index in [4.69, 9.17) is 18.9 Å². The van der Waals surface area contributed by atoms with E-state index in [-0.39, 0.29) is 17.1 Å². The first-order valence-electron chi connectivity index (χ1n) is 9.97. The summed E-state index contributed by atoms with van der Waals surface area (Å²) in [5, 5.41) is 50.8. The fourth-order valence-electron chi connectivity index (χ4n) is 3.76. The van der Waals surface area contributed by atoms with Crippen LogP contribution in [0.3, 0.4) is 0 Å². The number of benzene rings is 2. The number of aliphatic hydroxyl groups is 4. The molecule has 10 nitrogen and oxygen atoms in total. The normalized spacial score (nSPS) is 32.1. The zero-order valence-electron chi connectivity index (χ0n) is 17.3. The number of phenols is 1. The Bertz CT molecular complexity index is 991. The highest BCUT2D eigenvalue weighted by Gasteiger charge is 2.44. The molecule has 0 aliphatic carbocycles. The molecule has 10 heteroatoms. The Morgan fingerprint density at radius 1 is 0.938 bits per heavy atom. The van der Waals surface area contributed by atoms with Crippen LogP contribution in [0.1, 0.15) is 28.9 Å². The number of ketones is 1. The van der Waals surface area contributed by atoms with Crippen molar-refractivity contribution >= 4 is 5.78 Å². The van der Waals surface area contributed by atoms with Gasteiger partial charge in [-0.25, -0.2) is 0 Å². The van der Waals surface area contributed by atoms with Gasteiger partial charge in [-0.3, -0.25) is 4.79 Å². The van der Waals surface area contributed by atoms with Gasteiger partial charge in [-0.15, -0.1) is 0 Å². The van der Waals surface area contributed by atoms with Crippen molar-refractivity contribution in [3.8, 4) is 23.0 Å². The van der Waals surface area contributed by atoms with Crippen LogP contribution in [0.25, 0.3) is 0 Å². The molecule has 0 spiro atoms. The highest BCUT2D eigenvalue weighted by Crippen LogP contribution is 2.42. The Morgan fingerprint density at radius 2 is 1.62 bits per heavy atom. The Morgan fingerprint density at radius 3 is 2.28 bits per heavy atom. The lowest BCUT2D eigenvalue weighted by Gasteiger charge is -2.39. The molecule has 1 fully saturated rings. The van der Waals surface area contributed by atoms with Gasteiger partial charge in [-0.2, -0.15) is 0 Å². The van der Waals surface area contributed by atoms with Crippen molar-refractivity contribution in [1.82, 2.24) is 0 Å². The lowest BCUT2D eigenvalue weighted by molar-refractivity contribution is -0.268. The molecule has 2 aromatic carbocycles. The van der Waals surface area contributed by atoms with E-state index in [0.717, 1.165) is 6.07 Å². The molecule has 2 heterocycles. The fraction of sp³-hybridized carbons (Fsp3) is 0.409. The molecule has 7 atom stereocenters. The monoisotopic (exact) mass is 448 g/mol. The average molecular weight is 448 g/mol. The molecule has 5 N–H and O–H groups in total. The lowest BCUT2D eigenvalue weighted by Crippen LogP contribution is -2.58. The molecule has 172 valence electrons. The van der Waals surface area contributed by atoms with Gasteiger partial charge in [-0.1, -0.05) is 12.1 Å². The topological polar surface area (TPSA) is 155 Å². The van der Waals surface area contributed by atoms with E-state index in [1.807, 2.05) is 0 Å². The molecule has 1 saturated heterocycles. The molecule has 2 aliphatic heterocycles. The minimum atomic E-state index is -1.56. The quantitative estimate of drug-likeness (QED) is 0.441. The van der Waals surface area contributed by atoms with Gasteiger partial charge in [0.1, 0.15) is 46.9 Å². The van der Waals surface area contributed by atoms with Crippen molar-refractivity contribution in [3.05, 3.63) is 47.5 Å². The third-order valence-electron chi connectivity index (χ3n) is 5.62. The second-order valence-corrected chi connectivity index (χ2v) is 7.74. The number of aromatic hydroxyl groups is 1. The summed E-state index contributed by atoms with van der Waals surface area (Å²) in [6, 6.07) is 9.03. The minimum Gasteiger partial charge on any atom is -0.507 e. The number of aliphatic hydroxyl groups excluding tert-OH is 4. The van der Waals surface area contributed by atoms with Gasteiger partial charge in [0.2, 0.25) is 12.1 Å². The van der Waals surface area contributed by atoms with E-state index < -0.39 is 54.4 Å². The molecule has 0 radical (unpaired) electrons. The van der Waals surface area contributed by atoms with Crippen LogP contribution in [-0.4, -0.2) is 75.2 Å². The van der Waals surface area contributed by atoms with Gasteiger partial charge in [0.25, 0.3) is 0 Å². The number of fused-ring (bicyclic) bond motifs is 1. The van der Waals surface area contributed by atoms with Crippen molar-refractivity contribution in [2.24, 2.45) is 0 Å². The van der Waals surface area contributed by atoms with E-state index >= 15 is 0 Å². The molecule has 0 bridgehead atoms. The molecule has 2 aromatic rings. The number of carbonyl (C=O) groups is 1. The molecule has 0 saturated carbocycles. The average Bonchev–Trinajstić information content (AvgIpc) is 2.78. The lowest BCUT2D eigenvalue weighted by atomic mass is 9.93. The van der Waals surface area contributed by atoms with Gasteiger partial charge in [0, 0.05) is 12.1 Å². The summed E-state index contributed by atoms with van der Waals surface area (Å²) in [5.41, 5.74) is 0.309. The number of phenolic OH excluding ortho intramolecular Hbond substituents is 1. The summed E-state index contributed by atoms with van der Waals surface area (Å²) in [5.74, 6) is -0.675. The van der Waals surface area contributed by atoms with Gasteiger partial charge in [0.15, 0.2) is 12.2 Å². The van der Waals surface area contributed by atoms with E-state index in [1.165, 1.54) is 20.1 Å². The highest BCUT2D eigenvalue weighted by molar-refractivity contribution is 6.05. The fourth-order valence-corrected chi connectivity index (χ4v) is 3.76. The summed E-state index contributed by atoms with van der Waals surface area (Å²) >= 11 is 0. The molecule has 4 rings (SSSR count). The van der Waals surface area contributed by atoms with Gasteiger partial charge < -0.3 is 44.5 Å². The third kappa shape index (κ3) is 3.87. The largest absolute Gasteiger partial charge is 0.507 e. The van der Waals surface area contributed by atoms with Crippen molar-refractivity contribution < 1.29 is 49.3 Å². The van der Waals surface area contributed by atoms with Crippen molar-refractivity contribution in [3.63, 3.8) is 0 Å². The summed E-state index contributed by atoms with van der Waals surface area (Å²) in [4.78, 5) is 12.7. The van der Waals surface area contributed by atoms with Crippen LogP contribution in [-0.2, 0) is 4.74 Å². The van der Waals surface area contributed by atoms with Gasteiger partial charge >= 0.3 is 0 Å². The predicted molar refractivity (Wildman–Crippen MR) is 108 cm³/mol. The summed E-state index contributed by atoms with van der Waals surface area (Å²) in [6.45, 7) is 1.50. The van der Waals surface area contributed by atoms with E-state index in [2.05, 4.69) is 0 Å². The summed E-state index contributed by atoms with van der Waals surface area (Å²) in [6.07, 6.45) is -9.11. The second kappa shape index (κ2) is 8.57. The number of rotatable bonds is 4. The maximum Gasteiger partial charge on any atom is 0.229 e. The number of ether oxygens (including phenoxy) is 4. The van der Waals surface area contributed by atoms with E-state index in [0.29, 0.717) is 11.3 Å². The van der Waals surface area contributed by atoms with Crippen LogP contribution >= 0.6 is 0 Å².